The fourth-order valence-corrected chi connectivity index (χ4v) is 1.67. The summed E-state index contributed by atoms with van der Waals surface area (Å²) in [5.41, 5.74) is 0.103. The lowest BCUT2D eigenvalue weighted by Crippen LogP contribution is -2.28. The van der Waals surface area contributed by atoms with Crippen LogP contribution in [0.3, 0.4) is 0 Å². The quantitative estimate of drug-likeness (QED) is 0.674. The molecule has 0 unspecified atom stereocenters. The van der Waals surface area contributed by atoms with Crippen molar-refractivity contribution in [2.45, 2.75) is 26.0 Å². The predicted octanol–water partition coefficient (Wildman–Crippen LogP) is 1.58. The number of aliphatic hydroxyl groups is 1. The van der Waals surface area contributed by atoms with Crippen molar-refractivity contribution < 1.29 is 19.3 Å². The van der Waals surface area contributed by atoms with Crippen LogP contribution >= 0.6 is 0 Å². The molecule has 0 aliphatic rings. The molecule has 0 fully saturated rings. The first-order valence-electron chi connectivity index (χ1n) is 6.68. The molecule has 5 heteroatoms. The van der Waals surface area contributed by atoms with Crippen molar-refractivity contribution in [1.82, 2.24) is 5.32 Å². The highest BCUT2D eigenvalue weighted by atomic mass is 16.5. The number of para-hydroxylation sites is 1. The molecule has 20 heavy (non-hydrogen) atoms. The summed E-state index contributed by atoms with van der Waals surface area (Å²) in [5.74, 6) is 1.34. The third-order valence-corrected chi connectivity index (χ3v) is 2.65. The zero-order valence-corrected chi connectivity index (χ0v) is 12.7. The van der Waals surface area contributed by atoms with Crippen molar-refractivity contribution in [2.24, 2.45) is 0 Å². The van der Waals surface area contributed by atoms with E-state index in [0.29, 0.717) is 24.7 Å². The standard InChI is InChI=1S/C15H25NO4/c1-15(2,17)11-20-14-12(10-16-8-9-18-3)6-5-7-13(14)19-4/h5-7,16-17H,8-11H2,1-4H3. The van der Waals surface area contributed by atoms with Crippen LogP contribution in [0.25, 0.3) is 0 Å². The molecule has 0 atom stereocenters. The van der Waals surface area contributed by atoms with Gasteiger partial charge in [-0.2, -0.15) is 0 Å². The number of nitrogens with one attached hydrogen (secondary N) is 1. The van der Waals surface area contributed by atoms with Crippen LogP contribution in [-0.4, -0.2) is 44.7 Å². The molecule has 0 heterocycles. The molecular formula is C15H25NO4. The summed E-state index contributed by atoms with van der Waals surface area (Å²) in [5, 5.41) is 13.0. The number of ether oxygens (including phenoxy) is 3. The van der Waals surface area contributed by atoms with Crippen LogP contribution in [0, 0.1) is 0 Å². The first kappa shape index (κ1) is 16.8. The van der Waals surface area contributed by atoms with Gasteiger partial charge in [0.25, 0.3) is 0 Å². The largest absolute Gasteiger partial charge is 0.493 e. The number of methoxy groups -OCH3 is 2. The highest BCUT2D eigenvalue weighted by Crippen LogP contribution is 2.31. The van der Waals surface area contributed by atoms with Crippen LogP contribution in [-0.2, 0) is 11.3 Å². The molecule has 5 nitrogen and oxygen atoms in total. The summed E-state index contributed by atoms with van der Waals surface area (Å²) in [6.07, 6.45) is 0. The van der Waals surface area contributed by atoms with Gasteiger partial charge in [0, 0.05) is 25.8 Å². The summed E-state index contributed by atoms with van der Waals surface area (Å²) < 4.78 is 16.0. The van der Waals surface area contributed by atoms with E-state index in [1.165, 1.54) is 0 Å². The van der Waals surface area contributed by atoms with Gasteiger partial charge in [0.2, 0.25) is 0 Å². The second-order valence-electron chi connectivity index (χ2n) is 5.22. The van der Waals surface area contributed by atoms with E-state index in [4.69, 9.17) is 14.2 Å². The molecule has 114 valence electrons. The van der Waals surface area contributed by atoms with Crippen LogP contribution in [0.4, 0.5) is 0 Å². The Morgan fingerprint density at radius 1 is 1.25 bits per heavy atom. The van der Waals surface area contributed by atoms with Crippen molar-refractivity contribution in [3.05, 3.63) is 23.8 Å². The Labute approximate surface area is 120 Å². The summed E-state index contributed by atoms with van der Waals surface area (Å²) in [6, 6.07) is 5.74. The molecule has 1 aromatic carbocycles. The maximum Gasteiger partial charge on any atom is 0.165 e. The molecule has 0 aliphatic carbocycles. The minimum atomic E-state index is -0.887. The molecule has 0 aliphatic heterocycles. The SMILES string of the molecule is COCCNCc1cccc(OC)c1OCC(C)(C)O. The Balaban J connectivity index is 2.76. The summed E-state index contributed by atoms with van der Waals surface area (Å²) in [7, 11) is 3.28. The molecule has 0 saturated heterocycles. The lowest BCUT2D eigenvalue weighted by Gasteiger charge is -2.21. The lowest BCUT2D eigenvalue weighted by molar-refractivity contribution is 0.0272. The van der Waals surface area contributed by atoms with Crippen LogP contribution < -0.4 is 14.8 Å². The fraction of sp³-hybridized carbons (Fsp3) is 0.600. The predicted molar refractivity (Wildman–Crippen MR) is 78.4 cm³/mol. The molecule has 1 rings (SSSR count). The molecule has 0 aromatic heterocycles. The summed E-state index contributed by atoms with van der Waals surface area (Å²) in [6.45, 7) is 5.69. The number of hydrogen-bond acceptors (Lipinski definition) is 5. The van der Waals surface area contributed by atoms with Gasteiger partial charge in [0.15, 0.2) is 11.5 Å². The summed E-state index contributed by atoms with van der Waals surface area (Å²) >= 11 is 0. The van der Waals surface area contributed by atoms with Crippen molar-refractivity contribution in [3.8, 4) is 11.5 Å². The van der Waals surface area contributed by atoms with Crippen molar-refractivity contribution >= 4 is 0 Å². The zero-order valence-electron chi connectivity index (χ0n) is 12.7. The highest BCUT2D eigenvalue weighted by molar-refractivity contribution is 5.46. The molecule has 0 radical (unpaired) electrons. The highest BCUT2D eigenvalue weighted by Gasteiger charge is 2.17. The third-order valence-electron chi connectivity index (χ3n) is 2.65. The van der Waals surface area contributed by atoms with Gasteiger partial charge in [-0.1, -0.05) is 12.1 Å². The van der Waals surface area contributed by atoms with Crippen molar-refractivity contribution in [1.29, 1.82) is 0 Å². The van der Waals surface area contributed by atoms with Crippen LogP contribution in [0.5, 0.6) is 11.5 Å². The van der Waals surface area contributed by atoms with Gasteiger partial charge < -0.3 is 24.6 Å². The van der Waals surface area contributed by atoms with Crippen molar-refractivity contribution in [3.63, 3.8) is 0 Å². The Morgan fingerprint density at radius 2 is 2.00 bits per heavy atom. The summed E-state index contributed by atoms with van der Waals surface area (Å²) in [4.78, 5) is 0. The molecule has 1 aromatic rings. The van der Waals surface area contributed by atoms with E-state index in [2.05, 4.69) is 5.32 Å². The Bertz CT molecular complexity index is 401. The number of rotatable bonds is 9. The first-order valence-corrected chi connectivity index (χ1v) is 6.68. The molecule has 0 spiro atoms. The molecular weight excluding hydrogens is 258 g/mol. The molecule has 0 saturated carbocycles. The van der Waals surface area contributed by atoms with Crippen LogP contribution in [0.2, 0.25) is 0 Å². The lowest BCUT2D eigenvalue weighted by atomic mass is 10.1. The van der Waals surface area contributed by atoms with E-state index < -0.39 is 5.60 Å². The van der Waals surface area contributed by atoms with E-state index in [9.17, 15) is 5.11 Å². The molecule has 0 amide bonds. The van der Waals surface area contributed by atoms with Crippen LogP contribution in [0.1, 0.15) is 19.4 Å². The Kier molecular flexibility index (Phi) is 6.78. The fourth-order valence-electron chi connectivity index (χ4n) is 1.67. The monoisotopic (exact) mass is 283 g/mol. The number of hydrogen-bond donors (Lipinski definition) is 2. The van der Waals surface area contributed by atoms with Gasteiger partial charge in [-0.05, 0) is 19.9 Å². The van der Waals surface area contributed by atoms with Crippen LogP contribution in [0.15, 0.2) is 18.2 Å². The molecule has 2 N–H and O–H groups in total. The van der Waals surface area contributed by atoms with E-state index in [1.54, 1.807) is 28.1 Å². The Hall–Kier alpha value is -1.30. The van der Waals surface area contributed by atoms with Gasteiger partial charge >= 0.3 is 0 Å². The minimum absolute atomic E-state index is 0.207. The average Bonchev–Trinajstić information content (AvgIpc) is 2.40. The normalized spacial score (nSPS) is 11.4. The molecule has 0 bridgehead atoms. The first-order chi connectivity index (χ1) is 9.48. The van der Waals surface area contributed by atoms with E-state index in [-0.39, 0.29) is 6.61 Å². The van der Waals surface area contributed by atoms with Gasteiger partial charge in [0.1, 0.15) is 6.61 Å². The Morgan fingerprint density at radius 3 is 2.60 bits per heavy atom. The van der Waals surface area contributed by atoms with E-state index in [1.807, 2.05) is 18.2 Å². The maximum atomic E-state index is 9.78. The number of benzene rings is 1. The minimum Gasteiger partial charge on any atom is -0.493 e. The zero-order chi connectivity index (χ0) is 15.0. The average molecular weight is 283 g/mol. The topological polar surface area (TPSA) is 60.0 Å². The third kappa shape index (κ3) is 5.77. The van der Waals surface area contributed by atoms with E-state index in [0.717, 1.165) is 12.1 Å². The van der Waals surface area contributed by atoms with Gasteiger partial charge in [-0.3, -0.25) is 0 Å². The van der Waals surface area contributed by atoms with Gasteiger partial charge in [0.05, 0.1) is 19.3 Å². The van der Waals surface area contributed by atoms with Crippen molar-refractivity contribution in [2.75, 3.05) is 34.0 Å². The van der Waals surface area contributed by atoms with Gasteiger partial charge in [-0.25, -0.2) is 0 Å². The van der Waals surface area contributed by atoms with E-state index >= 15 is 0 Å². The smallest absolute Gasteiger partial charge is 0.165 e. The second-order valence-corrected chi connectivity index (χ2v) is 5.22. The van der Waals surface area contributed by atoms with Gasteiger partial charge in [-0.15, -0.1) is 0 Å². The maximum absolute atomic E-state index is 9.78. The second kappa shape index (κ2) is 8.09.